The quantitative estimate of drug-likeness (QED) is 0.441. The van der Waals surface area contributed by atoms with E-state index in [9.17, 15) is 13.2 Å². The zero-order valence-corrected chi connectivity index (χ0v) is 20.1. The number of sulfonamides is 1. The first-order chi connectivity index (χ1) is 15.8. The number of amides is 1. The molecule has 0 unspecified atom stereocenters. The lowest BCUT2D eigenvalue weighted by atomic mass is 10.0. The van der Waals surface area contributed by atoms with Crippen LogP contribution in [0.15, 0.2) is 83.8 Å². The third kappa shape index (κ3) is 6.81. The van der Waals surface area contributed by atoms with E-state index in [-0.39, 0.29) is 22.4 Å². The van der Waals surface area contributed by atoms with Crippen molar-refractivity contribution in [1.82, 2.24) is 10.0 Å². The molecule has 2 N–H and O–H groups in total. The van der Waals surface area contributed by atoms with Crippen LogP contribution in [0.1, 0.15) is 31.0 Å². The van der Waals surface area contributed by atoms with Crippen LogP contribution in [0.3, 0.4) is 0 Å². The van der Waals surface area contributed by atoms with Crippen molar-refractivity contribution in [2.24, 2.45) is 0 Å². The second kappa shape index (κ2) is 11.3. The maximum absolute atomic E-state index is 13.2. The van der Waals surface area contributed by atoms with E-state index in [0.717, 1.165) is 11.1 Å². The lowest BCUT2D eigenvalue weighted by molar-refractivity contribution is -0.123. The highest BCUT2D eigenvalue weighted by atomic mass is 35.5. The summed E-state index contributed by atoms with van der Waals surface area (Å²) in [5.41, 5.74) is 1.75. The number of carbonyl (C=O) groups excluding carboxylic acids is 1. The van der Waals surface area contributed by atoms with E-state index in [4.69, 9.17) is 16.3 Å². The minimum Gasteiger partial charge on any atom is -0.492 e. The molecule has 0 aromatic heterocycles. The van der Waals surface area contributed by atoms with Gasteiger partial charge in [-0.05, 0) is 49.6 Å². The summed E-state index contributed by atoms with van der Waals surface area (Å²) in [7, 11) is -4.03. The molecule has 0 aliphatic carbocycles. The molecule has 3 aromatic rings. The van der Waals surface area contributed by atoms with Gasteiger partial charge in [0.25, 0.3) is 0 Å². The topological polar surface area (TPSA) is 84.5 Å². The molecule has 0 aliphatic rings. The monoisotopic (exact) mass is 486 g/mol. The van der Waals surface area contributed by atoms with Crippen molar-refractivity contribution in [3.05, 3.63) is 95.0 Å². The first kappa shape index (κ1) is 24.8. The van der Waals surface area contributed by atoms with E-state index in [1.165, 1.54) is 18.2 Å². The normalized spacial score (nSPS) is 13.2. The van der Waals surface area contributed by atoms with Crippen molar-refractivity contribution >= 4 is 27.5 Å². The number of nitrogens with one attached hydrogen (secondary N) is 2. The molecule has 6 nitrogen and oxygen atoms in total. The Balaban J connectivity index is 1.84. The maximum Gasteiger partial charge on any atom is 0.241 e. The summed E-state index contributed by atoms with van der Waals surface area (Å²) >= 11 is 6.18. The molecule has 0 bridgehead atoms. The third-order valence-corrected chi connectivity index (χ3v) is 6.83. The van der Waals surface area contributed by atoms with E-state index in [1.807, 2.05) is 74.5 Å². The molecular weight excluding hydrogens is 460 g/mol. The fraction of sp³-hybridized carbons (Fsp3) is 0.240. The fourth-order valence-electron chi connectivity index (χ4n) is 3.35. The summed E-state index contributed by atoms with van der Waals surface area (Å²) in [5, 5.41) is 3.10. The van der Waals surface area contributed by atoms with Gasteiger partial charge in [-0.1, -0.05) is 72.3 Å². The van der Waals surface area contributed by atoms with Crippen molar-refractivity contribution in [1.29, 1.82) is 0 Å². The SMILES string of the molecule is CCOc1ccc(S(=O)(=O)N[C@H](Cc2ccccc2)C(=O)N[C@H](C)c2ccccc2)cc1Cl. The van der Waals surface area contributed by atoms with E-state index < -0.39 is 22.0 Å². The van der Waals surface area contributed by atoms with Gasteiger partial charge in [-0.3, -0.25) is 4.79 Å². The maximum atomic E-state index is 13.2. The molecule has 0 fully saturated rings. The molecule has 8 heteroatoms. The minimum atomic E-state index is -4.03. The Hall–Kier alpha value is -2.87. The molecule has 0 heterocycles. The van der Waals surface area contributed by atoms with E-state index in [2.05, 4.69) is 10.0 Å². The van der Waals surface area contributed by atoms with Crippen molar-refractivity contribution in [3.63, 3.8) is 0 Å². The molecule has 174 valence electrons. The number of rotatable bonds is 10. The molecule has 33 heavy (non-hydrogen) atoms. The van der Waals surface area contributed by atoms with Crippen LogP contribution in [-0.4, -0.2) is 27.0 Å². The predicted molar refractivity (Wildman–Crippen MR) is 130 cm³/mol. The zero-order valence-electron chi connectivity index (χ0n) is 18.5. The van der Waals surface area contributed by atoms with Crippen LogP contribution in [-0.2, 0) is 21.2 Å². The Morgan fingerprint density at radius 3 is 2.24 bits per heavy atom. The molecule has 0 spiro atoms. The van der Waals surface area contributed by atoms with Crippen molar-refractivity contribution in [2.75, 3.05) is 6.61 Å². The van der Waals surface area contributed by atoms with Gasteiger partial charge in [-0.25, -0.2) is 8.42 Å². The largest absolute Gasteiger partial charge is 0.492 e. The second-order valence-electron chi connectivity index (χ2n) is 7.53. The lowest BCUT2D eigenvalue weighted by Gasteiger charge is -2.22. The third-order valence-electron chi connectivity index (χ3n) is 5.07. The Morgan fingerprint density at radius 2 is 1.64 bits per heavy atom. The predicted octanol–water partition coefficient (Wildman–Crippen LogP) is 4.51. The summed E-state index contributed by atoms with van der Waals surface area (Å²) in [6, 6.07) is 21.7. The Kier molecular flexibility index (Phi) is 8.49. The summed E-state index contributed by atoms with van der Waals surface area (Å²) in [6.07, 6.45) is 0.193. The first-order valence-electron chi connectivity index (χ1n) is 10.6. The van der Waals surface area contributed by atoms with Crippen LogP contribution in [0.5, 0.6) is 5.75 Å². The summed E-state index contributed by atoms with van der Waals surface area (Å²) < 4.78 is 34.2. The highest BCUT2D eigenvalue weighted by molar-refractivity contribution is 7.89. The smallest absolute Gasteiger partial charge is 0.241 e. The van der Waals surface area contributed by atoms with Crippen LogP contribution in [0, 0.1) is 0 Å². The highest BCUT2D eigenvalue weighted by Gasteiger charge is 2.27. The number of ether oxygens (including phenoxy) is 1. The van der Waals surface area contributed by atoms with Gasteiger partial charge in [0.05, 0.1) is 22.6 Å². The highest BCUT2D eigenvalue weighted by Crippen LogP contribution is 2.27. The molecule has 0 aliphatic heterocycles. The Morgan fingerprint density at radius 1 is 1.00 bits per heavy atom. The molecular formula is C25H27ClN2O4S. The van der Waals surface area contributed by atoms with Gasteiger partial charge in [-0.2, -0.15) is 4.72 Å². The summed E-state index contributed by atoms with van der Waals surface area (Å²) in [5.74, 6) is -0.0239. The van der Waals surface area contributed by atoms with Gasteiger partial charge >= 0.3 is 0 Å². The average Bonchev–Trinajstić information content (AvgIpc) is 2.81. The van der Waals surface area contributed by atoms with Gasteiger partial charge in [0, 0.05) is 0 Å². The first-order valence-corrected chi connectivity index (χ1v) is 12.5. The number of halogens is 1. The number of hydrogen-bond acceptors (Lipinski definition) is 4. The molecule has 2 atom stereocenters. The van der Waals surface area contributed by atoms with Crippen molar-refractivity contribution in [3.8, 4) is 5.75 Å². The van der Waals surface area contributed by atoms with Crippen molar-refractivity contribution < 1.29 is 17.9 Å². The molecule has 0 radical (unpaired) electrons. The molecule has 3 rings (SSSR count). The van der Waals surface area contributed by atoms with Gasteiger partial charge in [0.2, 0.25) is 15.9 Å². The van der Waals surface area contributed by atoms with Crippen molar-refractivity contribution in [2.45, 2.75) is 37.2 Å². The van der Waals surface area contributed by atoms with Crippen LogP contribution in [0.25, 0.3) is 0 Å². The summed E-state index contributed by atoms with van der Waals surface area (Å²) in [6.45, 7) is 4.07. The molecule has 0 saturated carbocycles. The lowest BCUT2D eigenvalue weighted by Crippen LogP contribution is -2.48. The van der Waals surface area contributed by atoms with Gasteiger partial charge in [-0.15, -0.1) is 0 Å². The van der Waals surface area contributed by atoms with E-state index >= 15 is 0 Å². The fourth-order valence-corrected chi connectivity index (χ4v) is 4.87. The molecule has 0 saturated heterocycles. The van der Waals surface area contributed by atoms with Gasteiger partial charge in [0.1, 0.15) is 11.8 Å². The minimum absolute atomic E-state index is 0.0436. The van der Waals surface area contributed by atoms with Crippen LogP contribution in [0.2, 0.25) is 5.02 Å². The van der Waals surface area contributed by atoms with E-state index in [0.29, 0.717) is 12.4 Å². The zero-order chi connectivity index (χ0) is 23.8. The van der Waals surface area contributed by atoms with Crippen LogP contribution in [0.4, 0.5) is 0 Å². The number of benzene rings is 3. The number of hydrogen-bond donors (Lipinski definition) is 2. The van der Waals surface area contributed by atoms with Crippen LogP contribution >= 0.6 is 11.6 Å². The second-order valence-corrected chi connectivity index (χ2v) is 9.65. The summed E-state index contributed by atoms with van der Waals surface area (Å²) in [4.78, 5) is 13.1. The Bertz CT molecular complexity index is 1170. The average molecular weight is 487 g/mol. The standard InChI is InChI=1S/C25H27ClN2O4S/c1-3-32-24-15-14-21(17-22(24)26)33(30,31)28-23(16-19-10-6-4-7-11-19)25(29)27-18(2)20-12-8-5-9-13-20/h4-15,17-18,23,28H,3,16H2,1-2H3,(H,27,29)/t18-,23-/m1/s1. The molecule has 1 amide bonds. The van der Waals surface area contributed by atoms with Gasteiger partial charge < -0.3 is 10.1 Å². The number of carbonyl (C=O) groups is 1. The molecule has 3 aromatic carbocycles. The Labute approximate surface area is 200 Å². The van der Waals surface area contributed by atoms with E-state index in [1.54, 1.807) is 0 Å². The van der Waals surface area contributed by atoms with Crippen LogP contribution < -0.4 is 14.8 Å². The van der Waals surface area contributed by atoms with Gasteiger partial charge in [0.15, 0.2) is 0 Å².